The molecule has 9 aromatic carbocycles. The molecule has 3 aliphatic rings. The lowest BCUT2D eigenvalue weighted by molar-refractivity contribution is 0.577. The largest absolute Gasteiger partial charge is 0.334 e. The van der Waals surface area contributed by atoms with Crippen molar-refractivity contribution in [2.45, 2.75) is 19.9 Å². The predicted molar refractivity (Wildman–Crippen MR) is 306 cm³/mol. The van der Waals surface area contributed by atoms with Crippen LogP contribution >= 0.6 is 0 Å². The van der Waals surface area contributed by atoms with Gasteiger partial charge in [0.05, 0.1) is 17.1 Å². The fourth-order valence-electron chi connectivity index (χ4n) is 11.7. The van der Waals surface area contributed by atoms with Crippen LogP contribution in [-0.2, 0) is 0 Å². The van der Waals surface area contributed by atoms with Crippen molar-refractivity contribution in [1.29, 1.82) is 0 Å². The van der Waals surface area contributed by atoms with Crippen LogP contribution in [0.2, 0.25) is 0 Å². The molecule has 13 rings (SSSR count). The number of rotatable bonds is 9. The van der Waals surface area contributed by atoms with Crippen LogP contribution in [0.3, 0.4) is 0 Å². The van der Waals surface area contributed by atoms with E-state index in [1.54, 1.807) is 0 Å². The summed E-state index contributed by atoms with van der Waals surface area (Å²) in [4.78, 5) is 2.57. The molecular formula is C70H54N2. The third-order valence-electron chi connectivity index (χ3n) is 15.3. The van der Waals surface area contributed by atoms with E-state index in [1.165, 1.54) is 93.8 Å². The molecule has 1 heterocycles. The molecule has 0 fully saturated rings. The Hall–Kier alpha value is -8.72. The molecule has 1 aromatic heterocycles. The van der Waals surface area contributed by atoms with Crippen LogP contribution in [0.15, 0.2) is 284 Å². The number of nitrogens with zero attached hydrogens (tertiary/aromatic N) is 2. The number of para-hydroxylation sites is 1. The Bertz CT molecular complexity index is 3880. The lowest BCUT2D eigenvalue weighted by Gasteiger charge is -2.37. The second-order valence-corrected chi connectivity index (χ2v) is 19.8. The van der Waals surface area contributed by atoms with E-state index in [9.17, 15) is 0 Å². The summed E-state index contributed by atoms with van der Waals surface area (Å²) in [5.41, 5.74) is 19.4. The zero-order valence-corrected chi connectivity index (χ0v) is 40.6. The van der Waals surface area contributed by atoms with Crippen LogP contribution in [-0.4, -0.2) is 10.6 Å². The van der Waals surface area contributed by atoms with Crippen molar-refractivity contribution in [2.75, 3.05) is 4.90 Å². The number of hydrogen-bond donors (Lipinski definition) is 0. The topological polar surface area (TPSA) is 8.17 Å². The van der Waals surface area contributed by atoms with E-state index in [0.717, 1.165) is 17.1 Å². The summed E-state index contributed by atoms with van der Waals surface area (Å²) in [5.74, 6) is 1.08. The van der Waals surface area contributed by atoms with Gasteiger partial charge < -0.3 is 9.47 Å². The van der Waals surface area contributed by atoms with Crippen LogP contribution < -0.4 is 4.90 Å². The third kappa shape index (κ3) is 7.86. The Morgan fingerprint density at radius 1 is 0.417 bits per heavy atom. The van der Waals surface area contributed by atoms with Crippen LogP contribution in [0.4, 0.5) is 11.4 Å². The molecule has 0 aliphatic heterocycles. The number of anilines is 2. The standard InChI is InChI=1S/C70H54N2/c1-47-39-59(42-57-23-14-15-28-64(47)57)54-34-38-67(48(2)40-54)71(62-35-31-52(32-36-62)55-30-29-51-21-12-13-22-53(51)41-55)63-27-16-24-58(43-63)66-44-60(50-19-8-4-9-20-50)46-69-70(66)65-37-33-56(49-17-6-3-7-18-49)45-68(65)72(69)61-25-10-5-11-26-61/h3-48,64,67H,1-2H3. The van der Waals surface area contributed by atoms with E-state index < -0.39 is 0 Å². The molecule has 72 heavy (non-hydrogen) atoms. The summed E-state index contributed by atoms with van der Waals surface area (Å²) in [7, 11) is 0. The normalized spacial score (nSPS) is 18.2. The van der Waals surface area contributed by atoms with Crippen molar-refractivity contribution in [2.24, 2.45) is 17.8 Å². The highest BCUT2D eigenvalue weighted by Crippen LogP contribution is 2.45. The van der Waals surface area contributed by atoms with E-state index in [2.05, 4.69) is 290 Å². The Morgan fingerprint density at radius 3 is 1.83 bits per heavy atom. The van der Waals surface area contributed by atoms with E-state index in [4.69, 9.17) is 0 Å². The van der Waals surface area contributed by atoms with E-state index in [1.807, 2.05) is 0 Å². The number of hydrogen-bond acceptors (Lipinski definition) is 1. The summed E-state index contributed by atoms with van der Waals surface area (Å²) < 4.78 is 2.47. The monoisotopic (exact) mass is 922 g/mol. The van der Waals surface area contributed by atoms with Crippen molar-refractivity contribution in [1.82, 2.24) is 4.57 Å². The second kappa shape index (κ2) is 18.2. The first-order chi connectivity index (χ1) is 35.5. The smallest absolute Gasteiger partial charge is 0.0585 e. The van der Waals surface area contributed by atoms with Crippen LogP contribution in [0.5, 0.6) is 0 Å². The molecule has 4 unspecified atom stereocenters. The number of fused-ring (bicyclic) bond motifs is 5. The third-order valence-corrected chi connectivity index (χ3v) is 15.3. The van der Waals surface area contributed by atoms with Gasteiger partial charge in [0.2, 0.25) is 0 Å². The fraction of sp³-hybridized carbons (Fsp3) is 0.0857. The zero-order valence-electron chi connectivity index (χ0n) is 40.6. The number of aromatic nitrogens is 1. The molecule has 0 spiro atoms. The van der Waals surface area contributed by atoms with Gasteiger partial charge in [0.1, 0.15) is 0 Å². The average molecular weight is 923 g/mol. The first-order valence-corrected chi connectivity index (χ1v) is 25.5. The highest BCUT2D eigenvalue weighted by atomic mass is 15.2. The van der Waals surface area contributed by atoms with Gasteiger partial charge in [-0.15, -0.1) is 0 Å². The minimum absolute atomic E-state index is 0.0575. The average Bonchev–Trinajstić information content (AvgIpc) is 3.77. The van der Waals surface area contributed by atoms with Gasteiger partial charge in [-0.25, -0.2) is 0 Å². The summed E-state index contributed by atoms with van der Waals surface area (Å²) in [5, 5.41) is 4.97. The summed E-state index contributed by atoms with van der Waals surface area (Å²) in [6.07, 6.45) is 21.2. The maximum atomic E-state index is 2.57. The Labute approximate surface area is 422 Å². The van der Waals surface area contributed by atoms with Crippen molar-refractivity contribution in [3.05, 3.63) is 284 Å². The van der Waals surface area contributed by atoms with Gasteiger partial charge in [0.25, 0.3) is 0 Å². The quantitative estimate of drug-likeness (QED) is 0.140. The van der Waals surface area contributed by atoms with Crippen molar-refractivity contribution in [3.63, 3.8) is 0 Å². The van der Waals surface area contributed by atoms with Crippen molar-refractivity contribution >= 4 is 44.0 Å². The molecule has 2 heteroatoms. The molecule has 0 radical (unpaired) electrons. The molecule has 344 valence electrons. The Kier molecular flexibility index (Phi) is 11.0. The first kappa shape index (κ1) is 43.3. The van der Waals surface area contributed by atoms with Gasteiger partial charge in [-0.3, -0.25) is 0 Å². The first-order valence-electron chi connectivity index (χ1n) is 25.5. The lowest BCUT2D eigenvalue weighted by Crippen LogP contribution is -2.35. The fourth-order valence-corrected chi connectivity index (χ4v) is 11.7. The molecular weight excluding hydrogens is 869 g/mol. The van der Waals surface area contributed by atoms with E-state index >= 15 is 0 Å². The predicted octanol–water partition coefficient (Wildman–Crippen LogP) is 18.5. The molecule has 3 aliphatic carbocycles. The van der Waals surface area contributed by atoms with Gasteiger partial charge in [-0.05, 0) is 144 Å². The van der Waals surface area contributed by atoms with Crippen LogP contribution in [0.1, 0.15) is 13.8 Å². The minimum Gasteiger partial charge on any atom is -0.334 e. The molecule has 0 saturated carbocycles. The SMILES string of the molecule is CC1C=C(C2=CC(C)C(N(c3ccc(-c4ccc5ccccc5c4)cc3)c3cccc(-c4cc(-c5ccccc5)cc5c4c4ccc(-c6ccccc6)cc4n5-c4ccccc4)c3)C=C2)C=C2C=CC=CC21. The molecule has 0 amide bonds. The molecule has 4 atom stereocenters. The molecule has 0 N–H and O–H groups in total. The number of benzene rings is 9. The Balaban J connectivity index is 0.976. The lowest BCUT2D eigenvalue weighted by atomic mass is 9.76. The van der Waals surface area contributed by atoms with E-state index in [0.29, 0.717) is 11.8 Å². The van der Waals surface area contributed by atoms with Crippen LogP contribution in [0.25, 0.3) is 82.8 Å². The maximum absolute atomic E-state index is 2.57. The van der Waals surface area contributed by atoms with Gasteiger partial charge in [0, 0.05) is 33.8 Å². The van der Waals surface area contributed by atoms with Gasteiger partial charge in [-0.2, -0.15) is 0 Å². The highest BCUT2D eigenvalue weighted by Gasteiger charge is 2.29. The van der Waals surface area contributed by atoms with Crippen molar-refractivity contribution < 1.29 is 0 Å². The second-order valence-electron chi connectivity index (χ2n) is 19.8. The summed E-state index contributed by atoms with van der Waals surface area (Å²) >= 11 is 0. The van der Waals surface area contributed by atoms with Gasteiger partial charge in [0.15, 0.2) is 0 Å². The molecule has 0 saturated heterocycles. The molecule has 2 nitrogen and oxygen atoms in total. The Morgan fingerprint density at radius 2 is 1.06 bits per heavy atom. The van der Waals surface area contributed by atoms with Gasteiger partial charge >= 0.3 is 0 Å². The van der Waals surface area contributed by atoms with E-state index in [-0.39, 0.29) is 12.0 Å². The maximum Gasteiger partial charge on any atom is 0.0585 e. The summed E-state index contributed by atoms with van der Waals surface area (Å²) in [6, 6.07) is 78.3. The van der Waals surface area contributed by atoms with Crippen LogP contribution in [0, 0.1) is 17.8 Å². The molecule has 10 aromatic rings. The molecule has 0 bridgehead atoms. The summed E-state index contributed by atoms with van der Waals surface area (Å²) in [6.45, 7) is 4.73. The van der Waals surface area contributed by atoms with Crippen molar-refractivity contribution in [3.8, 4) is 50.2 Å². The minimum atomic E-state index is 0.0575. The number of allylic oxidation sites excluding steroid dienone is 10. The zero-order chi connectivity index (χ0) is 48.1. The van der Waals surface area contributed by atoms with Gasteiger partial charge in [-0.1, -0.05) is 220 Å². The highest BCUT2D eigenvalue weighted by molar-refractivity contribution is 6.17.